The van der Waals surface area contributed by atoms with E-state index in [1.807, 2.05) is 0 Å². The normalized spacial score (nSPS) is 13.1. The molecule has 4 aromatic heterocycles. The van der Waals surface area contributed by atoms with Gasteiger partial charge in [0, 0.05) is 37.4 Å². The average Bonchev–Trinajstić information content (AvgIpc) is 3.68. The Hall–Kier alpha value is -4.48. The average molecular weight is 889 g/mol. The van der Waals surface area contributed by atoms with Gasteiger partial charge < -0.3 is 10.2 Å². The number of nitrogens with zero attached hydrogens (tertiary/aromatic N) is 6. The second-order valence-electron chi connectivity index (χ2n) is 18.5. The third kappa shape index (κ3) is 12.0. The summed E-state index contributed by atoms with van der Waals surface area (Å²) in [6.07, 6.45) is 26.4. The van der Waals surface area contributed by atoms with Crippen LogP contribution in [0.2, 0.25) is 0 Å². The lowest BCUT2D eigenvalue weighted by atomic mass is 9.94. The molecule has 4 heterocycles. The minimum absolute atomic E-state index is 0.0800. The summed E-state index contributed by atoms with van der Waals surface area (Å²) in [7, 11) is 0. The Morgan fingerprint density at radius 3 is 0.984 bits per heavy atom. The van der Waals surface area contributed by atoms with E-state index < -0.39 is 23.3 Å². The van der Waals surface area contributed by atoms with Gasteiger partial charge in [0.2, 0.25) is 11.8 Å². The molecule has 0 saturated carbocycles. The van der Waals surface area contributed by atoms with Crippen LogP contribution in [-0.2, 0) is 13.1 Å². The summed E-state index contributed by atoms with van der Waals surface area (Å²) < 4.78 is 62.5. The zero-order chi connectivity index (χ0) is 45.6. The molecule has 0 fully saturated rings. The second-order valence-corrected chi connectivity index (χ2v) is 18.5. The van der Waals surface area contributed by atoms with Crippen LogP contribution in [0.15, 0.2) is 24.3 Å². The first-order chi connectivity index (χ1) is 31.1. The van der Waals surface area contributed by atoms with Crippen LogP contribution in [0.1, 0.15) is 182 Å². The highest BCUT2D eigenvalue weighted by Gasteiger charge is 2.32. The molecule has 2 unspecified atom stereocenters. The quantitative estimate of drug-likeness (QED) is 0.0359. The summed E-state index contributed by atoms with van der Waals surface area (Å²) in [5.41, 5.74) is 1.59. The molecule has 0 saturated heterocycles. The van der Waals surface area contributed by atoms with E-state index in [2.05, 4.69) is 27.7 Å². The van der Waals surface area contributed by atoms with Crippen molar-refractivity contribution in [1.82, 2.24) is 29.1 Å². The second kappa shape index (κ2) is 24.2. The smallest absolute Gasteiger partial charge is 0.203 e. The zero-order valence-electron chi connectivity index (χ0n) is 38.9. The van der Waals surface area contributed by atoms with Gasteiger partial charge in [0.05, 0.1) is 33.2 Å². The molecule has 0 aliphatic heterocycles. The fraction of sp³-hybridized carbons (Fsp3) is 0.615. The van der Waals surface area contributed by atoms with Gasteiger partial charge in [-0.25, -0.2) is 37.5 Å². The highest BCUT2D eigenvalue weighted by Crippen LogP contribution is 2.48. The predicted molar refractivity (Wildman–Crippen MR) is 253 cm³/mol. The van der Waals surface area contributed by atoms with E-state index in [4.69, 9.17) is 19.9 Å². The summed E-state index contributed by atoms with van der Waals surface area (Å²) >= 11 is 0. The van der Waals surface area contributed by atoms with Crippen molar-refractivity contribution in [1.29, 1.82) is 0 Å². The number of benzene rings is 2. The van der Waals surface area contributed by atoms with Crippen molar-refractivity contribution in [3.05, 3.63) is 47.5 Å². The first-order valence-electron chi connectivity index (χ1n) is 24.9. The molecule has 0 aliphatic carbocycles. The molecule has 0 bridgehead atoms. The molecule has 0 aliphatic rings. The maximum Gasteiger partial charge on any atom is 0.203 e. The van der Waals surface area contributed by atoms with Gasteiger partial charge in [-0.3, -0.25) is 9.13 Å². The Balaban J connectivity index is 1.52. The lowest BCUT2D eigenvalue weighted by Gasteiger charge is -2.19. The predicted octanol–water partition coefficient (Wildman–Crippen LogP) is 15.8. The van der Waals surface area contributed by atoms with Crippen LogP contribution in [0.3, 0.4) is 0 Å². The Labute approximate surface area is 377 Å². The minimum Gasteiger partial charge on any atom is -0.494 e. The lowest BCUT2D eigenvalue weighted by molar-refractivity contribution is 0.332. The first-order valence-corrected chi connectivity index (χ1v) is 24.9. The summed E-state index contributed by atoms with van der Waals surface area (Å²) in [6, 6.07) is 4.01. The van der Waals surface area contributed by atoms with Gasteiger partial charge in [0.15, 0.2) is 34.6 Å². The van der Waals surface area contributed by atoms with Crippen LogP contribution in [0.5, 0.6) is 11.8 Å². The van der Waals surface area contributed by atoms with Gasteiger partial charge in [0.1, 0.15) is 11.0 Å². The summed E-state index contributed by atoms with van der Waals surface area (Å²) in [5, 5.41) is 25.2. The van der Waals surface area contributed by atoms with Crippen LogP contribution in [0, 0.1) is 35.1 Å². The van der Waals surface area contributed by atoms with E-state index in [0.29, 0.717) is 13.1 Å². The van der Waals surface area contributed by atoms with Crippen LogP contribution in [0.4, 0.5) is 17.6 Å². The third-order valence-electron chi connectivity index (χ3n) is 13.3. The molecule has 64 heavy (non-hydrogen) atoms. The molecule has 2 aromatic carbocycles. The number of rotatable bonds is 29. The monoisotopic (exact) mass is 889 g/mol. The third-order valence-corrected chi connectivity index (χ3v) is 13.3. The lowest BCUT2D eigenvalue weighted by Crippen LogP contribution is -2.12. The van der Waals surface area contributed by atoms with E-state index in [-0.39, 0.29) is 79.1 Å². The minimum atomic E-state index is -1.08. The highest BCUT2D eigenvalue weighted by atomic mass is 19.2. The molecule has 8 nitrogen and oxygen atoms in total. The number of hydrogen-bond donors (Lipinski definition) is 2. The fourth-order valence-corrected chi connectivity index (χ4v) is 9.60. The Bertz CT molecular complexity index is 2260. The van der Waals surface area contributed by atoms with Crippen LogP contribution in [0.25, 0.3) is 55.5 Å². The molecule has 2 N–H and O–H groups in total. The van der Waals surface area contributed by atoms with Crippen molar-refractivity contribution in [2.24, 2.45) is 11.8 Å². The molecule has 12 heteroatoms. The molecule has 6 rings (SSSR count). The van der Waals surface area contributed by atoms with Crippen LogP contribution in [-0.4, -0.2) is 39.3 Å². The standard InChI is InChI=1S/C52H72F4N6O2/c1-5-9-13-17-19-23-27-35(25-21-15-11-7-3)33-61-49-47(57-41-29-37(53)39(55)31-43(41)59-49)45(51(61)63)46-48-50(60-44-32-40(56)38(54)30-42(44)58-48)62(52(46)64)34-36(26-22-16-12-8-4)28-24-20-18-14-10-6-2/h29-32,35-36,63-64H,5-28,33-34H2,1-4H3. The van der Waals surface area contributed by atoms with Gasteiger partial charge in [-0.15, -0.1) is 0 Å². The van der Waals surface area contributed by atoms with Crippen molar-refractivity contribution < 1.29 is 27.8 Å². The van der Waals surface area contributed by atoms with Crippen molar-refractivity contribution in [3.63, 3.8) is 0 Å². The van der Waals surface area contributed by atoms with Gasteiger partial charge in [-0.2, -0.15) is 0 Å². The Morgan fingerprint density at radius 2 is 0.672 bits per heavy atom. The zero-order valence-corrected chi connectivity index (χ0v) is 38.9. The van der Waals surface area contributed by atoms with Crippen LogP contribution < -0.4 is 0 Å². The number of halogens is 4. The SMILES string of the molecule is CCCCCCCCC(CCCCCC)Cn1c(O)c(-c2c(O)n(CC(CCCCCC)CCCCCCCC)c3nc4cc(F)c(F)cc4nc23)c2nc3cc(F)c(F)cc3nc21. The molecule has 0 radical (unpaired) electrons. The van der Waals surface area contributed by atoms with E-state index in [1.165, 1.54) is 51.4 Å². The maximum atomic E-state index is 14.8. The molecule has 350 valence electrons. The molecular formula is C52H72F4N6O2. The fourth-order valence-electron chi connectivity index (χ4n) is 9.60. The van der Waals surface area contributed by atoms with E-state index in [9.17, 15) is 27.8 Å². The Kier molecular flexibility index (Phi) is 18.5. The molecule has 6 aromatic rings. The van der Waals surface area contributed by atoms with Gasteiger partial charge in [-0.05, 0) is 37.5 Å². The summed E-state index contributed by atoms with van der Waals surface area (Å²) in [5.74, 6) is -4.36. The molecule has 2 atom stereocenters. The van der Waals surface area contributed by atoms with Gasteiger partial charge >= 0.3 is 0 Å². The van der Waals surface area contributed by atoms with E-state index in [1.54, 1.807) is 9.13 Å². The highest BCUT2D eigenvalue weighted by molar-refractivity contribution is 6.08. The van der Waals surface area contributed by atoms with E-state index >= 15 is 0 Å². The molecule has 0 amide bonds. The number of hydrogen-bond acceptors (Lipinski definition) is 6. The number of aromatic hydroxyl groups is 2. The van der Waals surface area contributed by atoms with E-state index in [0.717, 1.165) is 127 Å². The van der Waals surface area contributed by atoms with Crippen molar-refractivity contribution in [2.45, 2.75) is 195 Å². The molecule has 0 spiro atoms. The van der Waals surface area contributed by atoms with Crippen molar-refractivity contribution in [2.75, 3.05) is 0 Å². The maximum absolute atomic E-state index is 14.8. The largest absolute Gasteiger partial charge is 0.494 e. The van der Waals surface area contributed by atoms with Gasteiger partial charge in [0.25, 0.3) is 0 Å². The Morgan fingerprint density at radius 1 is 0.406 bits per heavy atom. The molecular weight excluding hydrogens is 817 g/mol. The van der Waals surface area contributed by atoms with Gasteiger partial charge in [-0.1, -0.05) is 156 Å². The van der Waals surface area contributed by atoms with Crippen LogP contribution >= 0.6 is 0 Å². The summed E-state index contributed by atoms with van der Waals surface area (Å²) in [6.45, 7) is 9.58. The number of aromatic nitrogens is 6. The first kappa shape index (κ1) is 49.0. The van der Waals surface area contributed by atoms with Crippen molar-refractivity contribution in [3.8, 4) is 22.9 Å². The number of fused-ring (bicyclic) bond motifs is 4. The number of unbranched alkanes of at least 4 members (excludes halogenated alkanes) is 16. The summed E-state index contributed by atoms with van der Waals surface area (Å²) in [4.78, 5) is 19.4. The van der Waals surface area contributed by atoms with Crippen molar-refractivity contribution >= 4 is 44.4 Å². The topological polar surface area (TPSA) is 102 Å².